The van der Waals surface area contributed by atoms with Crippen LogP contribution in [0.15, 0.2) is 36.4 Å². The number of rotatable bonds is 1. The van der Waals surface area contributed by atoms with Crippen LogP contribution in [-0.2, 0) is 0 Å². The summed E-state index contributed by atoms with van der Waals surface area (Å²) in [5, 5.41) is 34.3. The SMILES string of the molecule is CO.CO.Cc1cccc2c(B(O)O)cccc12. The maximum atomic E-state index is 9.17. The van der Waals surface area contributed by atoms with Crippen LogP contribution in [0, 0.1) is 6.92 Å². The van der Waals surface area contributed by atoms with Crippen molar-refractivity contribution in [2.45, 2.75) is 6.92 Å². The molecular weight excluding hydrogens is 231 g/mol. The molecule has 0 spiro atoms. The Morgan fingerprint density at radius 3 is 1.83 bits per heavy atom. The van der Waals surface area contributed by atoms with Gasteiger partial charge in [-0.25, -0.2) is 0 Å². The van der Waals surface area contributed by atoms with Crippen LogP contribution in [0.5, 0.6) is 0 Å². The fourth-order valence-electron chi connectivity index (χ4n) is 1.72. The summed E-state index contributed by atoms with van der Waals surface area (Å²) >= 11 is 0. The molecule has 0 aliphatic heterocycles. The summed E-state index contributed by atoms with van der Waals surface area (Å²) in [4.78, 5) is 0. The molecule has 18 heavy (non-hydrogen) atoms. The van der Waals surface area contributed by atoms with Gasteiger partial charge in [-0.3, -0.25) is 0 Å². The van der Waals surface area contributed by atoms with E-state index in [9.17, 15) is 0 Å². The van der Waals surface area contributed by atoms with Crippen molar-refractivity contribution >= 4 is 23.4 Å². The largest absolute Gasteiger partial charge is 0.489 e. The third-order valence-electron chi connectivity index (χ3n) is 2.45. The molecule has 0 amide bonds. The molecular formula is C13H19BO4. The van der Waals surface area contributed by atoms with Crippen LogP contribution in [0.2, 0.25) is 0 Å². The van der Waals surface area contributed by atoms with Gasteiger partial charge in [-0.05, 0) is 28.7 Å². The van der Waals surface area contributed by atoms with Crippen LogP contribution in [0.25, 0.3) is 10.8 Å². The molecule has 0 aliphatic rings. The van der Waals surface area contributed by atoms with Gasteiger partial charge in [0, 0.05) is 14.2 Å². The highest BCUT2D eigenvalue weighted by molar-refractivity contribution is 6.62. The number of aryl methyl sites for hydroxylation is 1. The summed E-state index contributed by atoms with van der Waals surface area (Å²) in [5.41, 5.74) is 1.70. The maximum Gasteiger partial charge on any atom is 0.489 e. The third kappa shape index (κ3) is 3.82. The molecule has 4 nitrogen and oxygen atoms in total. The first kappa shape index (κ1) is 16.6. The molecule has 0 saturated heterocycles. The van der Waals surface area contributed by atoms with Gasteiger partial charge in [-0.1, -0.05) is 36.4 Å². The first-order valence-corrected chi connectivity index (χ1v) is 5.44. The fourth-order valence-corrected chi connectivity index (χ4v) is 1.72. The smallest absolute Gasteiger partial charge is 0.423 e. The molecule has 0 aliphatic carbocycles. The van der Waals surface area contributed by atoms with Gasteiger partial charge in [-0.2, -0.15) is 0 Å². The summed E-state index contributed by atoms with van der Waals surface area (Å²) in [6, 6.07) is 11.4. The van der Waals surface area contributed by atoms with Crippen molar-refractivity contribution in [3.63, 3.8) is 0 Å². The Morgan fingerprint density at radius 1 is 0.778 bits per heavy atom. The topological polar surface area (TPSA) is 80.9 Å². The van der Waals surface area contributed by atoms with Crippen molar-refractivity contribution in [1.82, 2.24) is 0 Å². The van der Waals surface area contributed by atoms with Crippen LogP contribution in [0.3, 0.4) is 0 Å². The van der Waals surface area contributed by atoms with Gasteiger partial charge >= 0.3 is 7.12 Å². The Morgan fingerprint density at radius 2 is 1.28 bits per heavy atom. The van der Waals surface area contributed by atoms with Gasteiger partial charge < -0.3 is 20.3 Å². The number of fused-ring (bicyclic) bond motifs is 1. The number of hydrogen-bond acceptors (Lipinski definition) is 4. The molecule has 0 unspecified atom stereocenters. The van der Waals surface area contributed by atoms with Crippen molar-refractivity contribution in [1.29, 1.82) is 0 Å². The molecule has 2 aromatic carbocycles. The lowest BCUT2D eigenvalue weighted by Crippen LogP contribution is -2.30. The molecule has 98 valence electrons. The van der Waals surface area contributed by atoms with E-state index in [1.165, 1.54) is 0 Å². The van der Waals surface area contributed by atoms with Gasteiger partial charge in [0.1, 0.15) is 0 Å². The molecule has 0 aromatic heterocycles. The minimum Gasteiger partial charge on any atom is -0.423 e. The second-order valence-electron chi connectivity index (χ2n) is 3.39. The highest BCUT2D eigenvalue weighted by Crippen LogP contribution is 2.15. The van der Waals surface area contributed by atoms with Crippen LogP contribution in [0.4, 0.5) is 0 Å². The molecule has 0 heterocycles. The predicted octanol–water partition coefficient (Wildman–Crippen LogP) is 0.0450. The van der Waals surface area contributed by atoms with Crippen molar-refractivity contribution < 1.29 is 20.3 Å². The number of hydrogen-bond donors (Lipinski definition) is 4. The first-order valence-electron chi connectivity index (χ1n) is 5.44. The summed E-state index contributed by atoms with van der Waals surface area (Å²) in [7, 11) is 0.598. The van der Waals surface area contributed by atoms with Crippen molar-refractivity contribution in [3.8, 4) is 0 Å². The minimum atomic E-state index is -1.40. The van der Waals surface area contributed by atoms with E-state index in [0.29, 0.717) is 5.46 Å². The normalized spacial score (nSPS) is 8.83. The lowest BCUT2D eigenvalue weighted by molar-refractivity contribution is 0.399. The highest BCUT2D eigenvalue weighted by atomic mass is 16.4. The van der Waals surface area contributed by atoms with Crippen molar-refractivity contribution in [3.05, 3.63) is 42.0 Å². The van der Waals surface area contributed by atoms with E-state index < -0.39 is 7.12 Å². The first-order chi connectivity index (χ1) is 8.70. The summed E-state index contributed by atoms with van der Waals surface area (Å²) < 4.78 is 0. The average molecular weight is 250 g/mol. The Kier molecular flexibility index (Phi) is 7.99. The van der Waals surface area contributed by atoms with Gasteiger partial charge in [0.15, 0.2) is 0 Å². The fraction of sp³-hybridized carbons (Fsp3) is 0.231. The second-order valence-corrected chi connectivity index (χ2v) is 3.39. The lowest BCUT2D eigenvalue weighted by atomic mass is 9.77. The Hall–Kier alpha value is -1.40. The zero-order valence-corrected chi connectivity index (χ0v) is 10.8. The molecule has 2 aromatic rings. The lowest BCUT2D eigenvalue weighted by Gasteiger charge is -2.06. The standard InChI is InChI=1S/C11H11BO2.2CH4O/c1-8-4-2-6-10-9(8)5-3-7-11(10)12(13)14;2*1-2/h2-7,13-14H,1H3;2*2H,1H3. The van der Waals surface area contributed by atoms with E-state index in [1.54, 1.807) is 6.07 Å². The van der Waals surface area contributed by atoms with Crippen LogP contribution >= 0.6 is 0 Å². The second kappa shape index (κ2) is 8.66. The number of benzene rings is 2. The van der Waals surface area contributed by atoms with Gasteiger partial charge in [0.05, 0.1) is 0 Å². The van der Waals surface area contributed by atoms with E-state index in [-0.39, 0.29) is 0 Å². The van der Waals surface area contributed by atoms with Gasteiger partial charge in [-0.15, -0.1) is 0 Å². The monoisotopic (exact) mass is 250 g/mol. The van der Waals surface area contributed by atoms with E-state index >= 15 is 0 Å². The predicted molar refractivity (Wildman–Crippen MR) is 74.8 cm³/mol. The van der Waals surface area contributed by atoms with Crippen molar-refractivity contribution in [2.75, 3.05) is 14.2 Å². The van der Waals surface area contributed by atoms with Gasteiger partial charge in [0.2, 0.25) is 0 Å². The van der Waals surface area contributed by atoms with E-state index in [4.69, 9.17) is 20.3 Å². The molecule has 0 fully saturated rings. The Bertz CT molecular complexity index is 471. The molecule has 4 N–H and O–H groups in total. The van der Waals surface area contributed by atoms with E-state index in [2.05, 4.69) is 0 Å². The van der Waals surface area contributed by atoms with Crippen molar-refractivity contribution in [2.24, 2.45) is 0 Å². The molecule has 2 rings (SSSR count). The van der Waals surface area contributed by atoms with Crippen LogP contribution in [-0.4, -0.2) is 41.6 Å². The van der Waals surface area contributed by atoms with E-state index in [1.807, 2.05) is 37.3 Å². The number of aliphatic hydroxyl groups is 2. The van der Waals surface area contributed by atoms with E-state index in [0.717, 1.165) is 30.6 Å². The molecule has 0 atom stereocenters. The molecule has 0 saturated carbocycles. The average Bonchev–Trinajstić information content (AvgIpc) is 2.43. The van der Waals surface area contributed by atoms with Gasteiger partial charge in [0.25, 0.3) is 0 Å². The third-order valence-corrected chi connectivity index (χ3v) is 2.45. The Labute approximate surface area is 107 Å². The van der Waals surface area contributed by atoms with Crippen LogP contribution in [0.1, 0.15) is 5.56 Å². The zero-order chi connectivity index (χ0) is 14.1. The quantitative estimate of drug-likeness (QED) is 0.539. The molecule has 0 radical (unpaired) electrons. The maximum absolute atomic E-state index is 9.17. The summed E-state index contributed by atoms with van der Waals surface area (Å²) in [5.74, 6) is 0. The van der Waals surface area contributed by atoms with Crippen LogP contribution < -0.4 is 5.46 Å². The molecule has 0 bridgehead atoms. The summed E-state index contributed by atoms with van der Waals surface area (Å²) in [6.07, 6.45) is 0. The highest BCUT2D eigenvalue weighted by Gasteiger charge is 2.14. The Balaban J connectivity index is 0.000000659. The summed E-state index contributed by atoms with van der Waals surface area (Å²) in [6.45, 7) is 2.01. The minimum absolute atomic E-state index is 0.561. The number of aliphatic hydroxyl groups excluding tert-OH is 2. The zero-order valence-electron chi connectivity index (χ0n) is 10.8. The molecule has 5 heteroatoms.